The van der Waals surface area contributed by atoms with E-state index in [0.717, 1.165) is 36.9 Å². The van der Waals surface area contributed by atoms with E-state index < -0.39 is 18.2 Å². The predicted octanol–water partition coefficient (Wildman–Crippen LogP) is 0.388. The van der Waals surface area contributed by atoms with Crippen molar-refractivity contribution in [1.29, 1.82) is 0 Å². The van der Waals surface area contributed by atoms with Crippen molar-refractivity contribution in [3.8, 4) is 0 Å². The molecule has 3 amide bonds. The van der Waals surface area contributed by atoms with E-state index in [-0.39, 0.29) is 5.91 Å². The number of hydrogen-bond donors (Lipinski definition) is 1. The first-order valence-electron chi connectivity index (χ1n) is 8.34. The molecule has 1 saturated heterocycles. The zero-order valence-electron chi connectivity index (χ0n) is 14.5. The standard InChI is InChI=1S/C16H21N7O2/c1-10-11(2)23-12-13(20(3)16(25)19-14(12)24)18-15(23)22(10)7-4-6-21-8-5-17-9-21/h5,8-9,12-13H,4,6-7H2,1-3H3,(H,19,24,25). The van der Waals surface area contributed by atoms with E-state index in [2.05, 4.69) is 15.2 Å². The molecule has 1 fully saturated rings. The maximum absolute atomic E-state index is 12.4. The number of allylic oxidation sites excluding steroid dienone is 2. The number of nitrogens with zero attached hydrogens (tertiary/aromatic N) is 6. The van der Waals surface area contributed by atoms with Crippen molar-refractivity contribution >= 4 is 17.9 Å². The number of nitrogens with one attached hydrogen (secondary N) is 1. The van der Waals surface area contributed by atoms with Gasteiger partial charge in [-0.1, -0.05) is 0 Å². The van der Waals surface area contributed by atoms with E-state index in [1.807, 2.05) is 29.5 Å². The average Bonchev–Trinajstić information content (AvgIpc) is 3.27. The van der Waals surface area contributed by atoms with Crippen molar-refractivity contribution < 1.29 is 9.59 Å². The minimum Gasteiger partial charge on any atom is -0.337 e. The number of carbonyl (C=O) groups excluding carboxylic acids is 2. The summed E-state index contributed by atoms with van der Waals surface area (Å²) in [7, 11) is 1.67. The molecule has 4 heterocycles. The van der Waals surface area contributed by atoms with E-state index >= 15 is 0 Å². The van der Waals surface area contributed by atoms with Crippen LogP contribution in [-0.2, 0) is 11.3 Å². The molecule has 0 aromatic carbocycles. The van der Waals surface area contributed by atoms with Crippen LogP contribution in [0.25, 0.3) is 0 Å². The highest BCUT2D eigenvalue weighted by atomic mass is 16.2. The lowest BCUT2D eigenvalue weighted by molar-refractivity contribution is -0.126. The first kappa shape index (κ1) is 15.7. The predicted molar refractivity (Wildman–Crippen MR) is 90.1 cm³/mol. The number of aliphatic imine (C=N–C) groups is 1. The molecule has 1 N–H and O–H groups in total. The maximum Gasteiger partial charge on any atom is 0.325 e. The van der Waals surface area contributed by atoms with Gasteiger partial charge in [-0.3, -0.25) is 15.0 Å². The van der Waals surface area contributed by atoms with Gasteiger partial charge in [0.05, 0.1) is 6.33 Å². The van der Waals surface area contributed by atoms with E-state index in [9.17, 15) is 9.59 Å². The fourth-order valence-electron chi connectivity index (χ4n) is 3.62. The molecule has 0 saturated carbocycles. The minimum atomic E-state index is -0.494. The first-order chi connectivity index (χ1) is 12.0. The zero-order chi connectivity index (χ0) is 17.7. The summed E-state index contributed by atoms with van der Waals surface area (Å²) in [5, 5.41) is 2.41. The molecular formula is C16H21N7O2. The normalized spacial score (nSPS) is 25.4. The van der Waals surface area contributed by atoms with Gasteiger partial charge in [0, 0.05) is 43.9 Å². The number of fused-ring (bicyclic) bond motifs is 3. The average molecular weight is 343 g/mol. The highest BCUT2D eigenvalue weighted by molar-refractivity contribution is 6.05. The molecule has 3 aliphatic heterocycles. The van der Waals surface area contributed by atoms with Crippen molar-refractivity contribution in [2.45, 2.75) is 39.0 Å². The van der Waals surface area contributed by atoms with Gasteiger partial charge in [0.15, 0.2) is 12.2 Å². The van der Waals surface area contributed by atoms with Gasteiger partial charge < -0.3 is 14.4 Å². The van der Waals surface area contributed by atoms with E-state index in [1.165, 1.54) is 4.90 Å². The summed E-state index contributed by atoms with van der Waals surface area (Å²) in [6, 6.07) is -0.895. The highest BCUT2D eigenvalue weighted by Gasteiger charge is 2.52. The molecule has 132 valence electrons. The Morgan fingerprint density at radius 3 is 2.72 bits per heavy atom. The molecule has 1 aromatic heterocycles. The Labute approximate surface area is 145 Å². The lowest BCUT2D eigenvalue weighted by Gasteiger charge is -2.35. The van der Waals surface area contributed by atoms with Gasteiger partial charge in [-0.2, -0.15) is 0 Å². The number of imide groups is 1. The number of aryl methyl sites for hydroxylation is 1. The molecule has 25 heavy (non-hydrogen) atoms. The Balaban J connectivity index is 1.55. The Hall–Kier alpha value is -2.84. The topological polar surface area (TPSA) is 86.1 Å². The summed E-state index contributed by atoms with van der Waals surface area (Å²) >= 11 is 0. The highest BCUT2D eigenvalue weighted by Crippen LogP contribution is 2.36. The monoisotopic (exact) mass is 343 g/mol. The quantitative estimate of drug-likeness (QED) is 0.855. The van der Waals surface area contributed by atoms with Crippen LogP contribution in [0.15, 0.2) is 35.1 Å². The summed E-state index contributed by atoms with van der Waals surface area (Å²) in [6.45, 7) is 5.68. The minimum absolute atomic E-state index is 0.292. The summed E-state index contributed by atoms with van der Waals surface area (Å²) in [4.78, 5) is 38.6. The molecule has 2 atom stereocenters. The smallest absolute Gasteiger partial charge is 0.325 e. The Kier molecular flexibility index (Phi) is 3.52. The summed E-state index contributed by atoms with van der Waals surface area (Å²) in [5.41, 5.74) is 2.10. The van der Waals surface area contributed by atoms with Crippen LogP contribution in [0.1, 0.15) is 20.3 Å². The van der Waals surface area contributed by atoms with Crippen molar-refractivity contribution in [3.63, 3.8) is 0 Å². The fourth-order valence-corrected chi connectivity index (χ4v) is 3.62. The summed E-state index contributed by atoms with van der Waals surface area (Å²) in [5.74, 6) is 0.464. The summed E-state index contributed by atoms with van der Waals surface area (Å²) < 4.78 is 2.04. The Morgan fingerprint density at radius 2 is 2.00 bits per heavy atom. The van der Waals surface area contributed by atoms with Gasteiger partial charge in [0.1, 0.15) is 0 Å². The molecule has 4 rings (SSSR count). The third-order valence-electron chi connectivity index (χ3n) is 5.13. The number of imidazole rings is 1. The lowest BCUT2D eigenvalue weighted by Crippen LogP contribution is -2.63. The fraction of sp³-hybridized carbons (Fsp3) is 0.500. The zero-order valence-corrected chi connectivity index (χ0v) is 14.5. The Morgan fingerprint density at radius 1 is 1.20 bits per heavy atom. The van der Waals surface area contributed by atoms with Crippen molar-refractivity contribution in [2.24, 2.45) is 4.99 Å². The van der Waals surface area contributed by atoms with Crippen molar-refractivity contribution in [1.82, 2.24) is 29.6 Å². The van der Waals surface area contributed by atoms with Gasteiger partial charge in [-0.15, -0.1) is 0 Å². The lowest BCUT2D eigenvalue weighted by atomic mass is 10.1. The number of hydrogen-bond acceptors (Lipinski definition) is 6. The van der Waals surface area contributed by atoms with Gasteiger partial charge in [0.25, 0.3) is 5.91 Å². The van der Waals surface area contributed by atoms with Crippen LogP contribution in [0.3, 0.4) is 0 Å². The molecule has 0 bridgehead atoms. The largest absolute Gasteiger partial charge is 0.337 e. The number of aromatic nitrogens is 2. The van der Waals surface area contributed by atoms with Crippen LogP contribution in [0.5, 0.6) is 0 Å². The van der Waals surface area contributed by atoms with Gasteiger partial charge in [-0.25, -0.2) is 14.8 Å². The molecule has 3 aliphatic rings. The second kappa shape index (κ2) is 5.61. The van der Waals surface area contributed by atoms with Crippen LogP contribution >= 0.6 is 0 Å². The van der Waals surface area contributed by atoms with Gasteiger partial charge >= 0.3 is 6.03 Å². The molecular weight excluding hydrogens is 322 g/mol. The van der Waals surface area contributed by atoms with E-state index in [4.69, 9.17) is 4.99 Å². The number of likely N-dealkylation sites (N-methyl/N-ethyl adjacent to an activating group) is 1. The molecule has 9 nitrogen and oxygen atoms in total. The number of carbonyl (C=O) groups is 2. The Bertz CT molecular complexity index is 782. The van der Waals surface area contributed by atoms with Crippen LogP contribution < -0.4 is 5.32 Å². The number of guanidine groups is 1. The summed E-state index contributed by atoms with van der Waals surface area (Å²) in [6.07, 6.45) is 5.96. The first-order valence-corrected chi connectivity index (χ1v) is 8.34. The van der Waals surface area contributed by atoms with Crippen LogP contribution in [0.4, 0.5) is 4.79 Å². The van der Waals surface area contributed by atoms with Crippen molar-refractivity contribution in [3.05, 3.63) is 30.1 Å². The maximum atomic E-state index is 12.4. The van der Waals surface area contributed by atoms with E-state index in [1.54, 1.807) is 19.6 Å². The number of amides is 3. The number of rotatable bonds is 4. The SMILES string of the molecule is CC1=C(C)N2C(=NC3C2C(=O)NC(=O)N3C)N1CCCn1ccnc1. The third kappa shape index (κ3) is 2.30. The second-order valence-electron chi connectivity index (χ2n) is 6.54. The second-order valence-corrected chi connectivity index (χ2v) is 6.54. The third-order valence-corrected chi connectivity index (χ3v) is 5.13. The molecule has 0 spiro atoms. The van der Waals surface area contributed by atoms with Gasteiger partial charge in [-0.05, 0) is 20.3 Å². The number of urea groups is 1. The molecule has 2 unspecified atom stereocenters. The van der Waals surface area contributed by atoms with E-state index in [0.29, 0.717) is 0 Å². The molecule has 9 heteroatoms. The van der Waals surface area contributed by atoms with Crippen LogP contribution in [0.2, 0.25) is 0 Å². The molecule has 0 aliphatic carbocycles. The van der Waals surface area contributed by atoms with Gasteiger partial charge in [0.2, 0.25) is 5.96 Å². The van der Waals surface area contributed by atoms with Crippen molar-refractivity contribution in [2.75, 3.05) is 13.6 Å². The molecule has 0 radical (unpaired) electrons. The molecule has 1 aromatic rings. The van der Waals surface area contributed by atoms with Crippen LogP contribution in [0, 0.1) is 0 Å². The van der Waals surface area contributed by atoms with Crippen LogP contribution in [-0.4, -0.2) is 67.9 Å².